The lowest BCUT2D eigenvalue weighted by Gasteiger charge is -2.16. The van der Waals surface area contributed by atoms with Gasteiger partial charge < -0.3 is 4.74 Å². The molecule has 1 rings (SSSR count). The van der Waals surface area contributed by atoms with Crippen molar-refractivity contribution < 1.29 is 18.7 Å². The zero-order valence-corrected chi connectivity index (χ0v) is 9.94. The molecule has 0 N–H and O–H groups in total. The van der Waals surface area contributed by atoms with E-state index in [1.165, 1.54) is 13.2 Å². The van der Waals surface area contributed by atoms with Gasteiger partial charge in [-0.05, 0) is 18.1 Å². The lowest BCUT2D eigenvalue weighted by atomic mass is 9.90. The predicted octanol–water partition coefficient (Wildman–Crippen LogP) is 1.85. The average Bonchev–Trinajstić information content (AvgIpc) is 2.29. The van der Waals surface area contributed by atoms with Crippen LogP contribution in [0.4, 0.5) is 4.39 Å². The predicted molar refractivity (Wildman–Crippen MR) is 58.9 cm³/mol. The van der Waals surface area contributed by atoms with Crippen LogP contribution in [0.25, 0.3) is 0 Å². The van der Waals surface area contributed by atoms with E-state index in [2.05, 4.69) is 9.72 Å². The molecule has 92 valence electrons. The number of pyridine rings is 1. The molecule has 0 fully saturated rings. The zero-order valence-electron chi connectivity index (χ0n) is 9.94. The van der Waals surface area contributed by atoms with Crippen LogP contribution >= 0.6 is 0 Å². The minimum absolute atomic E-state index is 0.0653. The number of carbonyl (C=O) groups is 2. The molecule has 17 heavy (non-hydrogen) atoms. The van der Waals surface area contributed by atoms with Gasteiger partial charge >= 0.3 is 5.97 Å². The molecule has 0 bridgehead atoms. The molecule has 0 radical (unpaired) electrons. The largest absolute Gasteiger partial charge is 0.468 e. The Bertz CT molecular complexity index is 414. The van der Waals surface area contributed by atoms with E-state index in [1.807, 2.05) is 0 Å². The first-order valence-electron chi connectivity index (χ1n) is 5.21. The normalized spacial score (nSPS) is 12.3. The summed E-state index contributed by atoms with van der Waals surface area (Å²) in [5.41, 5.74) is 0.0653. The molecule has 0 saturated heterocycles. The van der Waals surface area contributed by atoms with E-state index in [1.54, 1.807) is 13.8 Å². The van der Waals surface area contributed by atoms with Crippen LogP contribution < -0.4 is 0 Å². The van der Waals surface area contributed by atoms with Crippen molar-refractivity contribution in [3.05, 3.63) is 29.8 Å². The molecule has 1 unspecified atom stereocenters. The monoisotopic (exact) mass is 239 g/mol. The highest BCUT2D eigenvalue weighted by Crippen LogP contribution is 2.18. The van der Waals surface area contributed by atoms with E-state index in [4.69, 9.17) is 0 Å². The summed E-state index contributed by atoms with van der Waals surface area (Å²) in [5, 5.41) is 0. The van der Waals surface area contributed by atoms with Crippen LogP contribution in [0.1, 0.15) is 24.3 Å². The Hall–Kier alpha value is -1.78. The first-order valence-corrected chi connectivity index (χ1v) is 5.21. The first kappa shape index (κ1) is 13.3. The Morgan fingerprint density at radius 1 is 1.35 bits per heavy atom. The molecule has 1 heterocycles. The standard InChI is InChI=1S/C12H14FNO3/c1-7(2)10(12(16)17-3)11(15)9-5-4-8(13)6-14-9/h4-7,10H,1-3H3. The Labute approximate surface area is 98.8 Å². The van der Waals surface area contributed by atoms with Crippen LogP contribution in [0.2, 0.25) is 0 Å². The molecule has 0 spiro atoms. The number of aromatic nitrogens is 1. The van der Waals surface area contributed by atoms with E-state index in [0.717, 1.165) is 12.3 Å². The van der Waals surface area contributed by atoms with Crippen molar-refractivity contribution in [2.45, 2.75) is 13.8 Å². The summed E-state index contributed by atoms with van der Waals surface area (Å²) in [4.78, 5) is 27.2. The highest BCUT2D eigenvalue weighted by atomic mass is 19.1. The second kappa shape index (κ2) is 5.52. The number of nitrogens with zero attached hydrogens (tertiary/aromatic N) is 1. The fourth-order valence-electron chi connectivity index (χ4n) is 1.49. The number of hydrogen-bond donors (Lipinski definition) is 0. The summed E-state index contributed by atoms with van der Waals surface area (Å²) in [6.45, 7) is 3.48. The molecule has 0 amide bonds. The fraction of sp³-hybridized carbons (Fsp3) is 0.417. The smallest absolute Gasteiger partial charge is 0.316 e. The first-order chi connectivity index (χ1) is 7.97. The van der Waals surface area contributed by atoms with Crippen molar-refractivity contribution in [3.8, 4) is 0 Å². The van der Waals surface area contributed by atoms with Gasteiger partial charge in [-0.15, -0.1) is 0 Å². The van der Waals surface area contributed by atoms with Crippen LogP contribution in [0.15, 0.2) is 18.3 Å². The molecule has 4 nitrogen and oxygen atoms in total. The molecule has 1 atom stereocenters. The summed E-state index contributed by atoms with van der Waals surface area (Å²) in [5.74, 6) is -2.69. The van der Waals surface area contributed by atoms with Crippen LogP contribution in [-0.4, -0.2) is 23.8 Å². The van der Waals surface area contributed by atoms with Gasteiger partial charge in [0.25, 0.3) is 0 Å². The van der Waals surface area contributed by atoms with Crippen molar-refractivity contribution in [1.29, 1.82) is 0 Å². The maximum absolute atomic E-state index is 12.7. The van der Waals surface area contributed by atoms with E-state index < -0.39 is 23.5 Å². The molecule has 0 aliphatic heterocycles. The van der Waals surface area contributed by atoms with Crippen molar-refractivity contribution in [2.24, 2.45) is 11.8 Å². The third-order valence-electron chi connectivity index (χ3n) is 2.38. The number of rotatable bonds is 4. The maximum Gasteiger partial charge on any atom is 0.316 e. The van der Waals surface area contributed by atoms with Gasteiger partial charge in [0.2, 0.25) is 0 Å². The van der Waals surface area contributed by atoms with Gasteiger partial charge in [-0.1, -0.05) is 13.8 Å². The summed E-state index contributed by atoms with van der Waals surface area (Å²) >= 11 is 0. The van der Waals surface area contributed by atoms with E-state index in [0.29, 0.717) is 0 Å². The third kappa shape index (κ3) is 3.09. The van der Waals surface area contributed by atoms with Gasteiger partial charge in [0, 0.05) is 0 Å². The van der Waals surface area contributed by atoms with E-state index in [-0.39, 0.29) is 11.6 Å². The van der Waals surface area contributed by atoms with Crippen molar-refractivity contribution in [1.82, 2.24) is 4.98 Å². The number of carbonyl (C=O) groups excluding carboxylic acids is 2. The Morgan fingerprint density at radius 2 is 2.00 bits per heavy atom. The van der Waals surface area contributed by atoms with Crippen molar-refractivity contribution in [2.75, 3.05) is 7.11 Å². The van der Waals surface area contributed by atoms with Crippen LogP contribution in [0.5, 0.6) is 0 Å². The van der Waals surface area contributed by atoms with Crippen molar-refractivity contribution >= 4 is 11.8 Å². The minimum Gasteiger partial charge on any atom is -0.468 e. The second-order valence-electron chi connectivity index (χ2n) is 3.97. The lowest BCUT2D eigenvalue weighted by Crippen LogP contribution is -2.30. The van der Waals surface area contributed by atoms with Gasteiger partial charge in [-0.2, -0.15) is 0 Å². The molecular formula is C12H14FNO3. The number of ether oxygens (including phenoxy) is 1. The quantitative estimate of drug-likeness (QED) is 0.457. The van der Waals surface area contributed by atoms with Gasteiger partial charge in [0.1, 0.15) is 17.4 Å². The highest BCUT2D eigenvalue weighted by Gasteiger charge is 2.32. The molecule has 1 aromatic heterocycles. The molecule has 0 aliphatic carbocycles. The maximum atomic E-state index is 12.7. The summed E-state index contributed by atoms with van der Waals surface area (Å²) in [6, 6.07) is 2.39. The zero-order chi connectivity index (χ0) is 13.0. The Balaban J connectivity index is 3.00. The summed E-state index contributed by atoms with van der Waals surface area (Å²) in [6.07, 6.45) is 0.946. The van der Waals surface area contributed by atoms with Gasteiger partial charge in [0.15, 0.2) is 5.78 Å². The van der Waals surface area contributed by atoms with Gasteiger partial charge in [-0.25, -0.2) is 4.39 Å². The Morgan fingerprint density at radius 3 is 2.41 bits per heavy atom. The number of Topliss-reactive ketones (excluding diaryl/α,β-unsaturated/α-hetero) is 1. The number of halogens is 1. The van der Waals surface area contributed by atoms with Crippen LogP contribution in [-0.2, 0) is 9.53 Å². The highest BCUT2D eigenvalue weighted by molar-refractivity contribution is 6.07. The SMILES string of the molecule is COC(=O)C(C(=O)c1ccc(F)cn1)C(C)C. The minimum atomic E-state index is -0.905. The fourth-order valence-corrected chi connectivity index (χ4v) is 1.49. The number of esters is 1. The number of ketones is 1. The molecule has 5 heteroatoms. The van der Waals surface area contributed by atoms with Gasteiger partial charge in [0.05, 0.1) is 13.3 Å². The van der Waals surface area contributed by atoms with Crippen LogP contribution in [0, 0.1) is 17.7 Å². The average molecular weight is 239 g/mol. The van der Waals surface area contributed by atoms with Crippen molar-refractivity contribution in [3.63, 3.8) is 0 Å². The molecule has 0 saturated carbocycles. The topological polar surface area (TPSA) is 56.3 Å². The molecular weight excluding hydrogens is 225 g/mol. The molecule has 0 aliphatic rings. The summed E-state index contributed by atoms with van der Waals surface area (Å²) < 4.78 is 17.2. The summed E-state index contributed by atoms with van der Waals surface area (Å²) in [7, 11) is 1.23. The number of hydrogen-bond acceptors (Lipinski definition) is 4. The third-order valence-corrected chi connectivity index (χ3v) is 2.38. The Kier molecular flexibility index (Phi) is 4.31. The molecule has 1 aromatic rings. The van der Waals surface area contributed by atoms with Gasteiger partial charge in [-0.3, -0.25) is 14.6 Å². The van der Waals surface area contributed by atoms with Crippen LogP contribution in [0.3, 0.4) is 0 Å². The second-order valence-corrected chi connectivity index (χ2v) is 3.97. The van der Waals surface area contributed by atoms with E-state index >= 15 is 0 Å². The van der Waals surface area contributed by atoms with E-state index in [9.17, 15) is 14.0 Å². The molecule has 0 aromatic carbocycles. The number of methoxy groups -OCH3 is 1. The lowest BCUT2D eigenvalue weighted by molar-refractivity contribution is -0.144.